The van der Waals surface area contributed by atoms with Crippen LogP contribution in [0.4, 0.5) is 0 Å². The molecule has 0 N–H and O–H groups in total. The summed E-state index contributed by atoms with van der Waals surface area (Å²) in [5, 5.41) is 2.34. The van der Waals surface area contributed by atoms with Gasteiger partial charge in [0.2, 0.25) is 0 Å². The van der Waals surface area contributed by atoms with Gasteiger partial charge in [0.15, 0.2) is 0 Å². The molecule has 0 amide bonds. The minimum atomic E-state index is -0.0108. The van der Waals surface area contributed by atoms with Crippen molar-refractivity contribution in [2.75, 3.05) is 0 Å². The number of hydrogen-bond donors (Lipinski definition) is 0. The summed E-state index contributed by atoms with van der Waals surface area (Å²) in [6.45, 7) is 13.9. The summed E-state index contributed by atoms with van der Waals surface area (Å²) in [5.41, 5.74) is 16.1. The van der Waals surface area contributed by atoms with E-state index in [0.29, 0.717) is 5.92 Å². The van der Waals surface area contributed by atoms with Crippen molar-refractivity contribution in [1.82, 2.24) is 18.7 Å². The zero-order chi connectivity index (χ0) is 44.6. The van der Waals surface area contributed by atoms with Gasteiger partial charge < -0.3 is 0 Å². The normalized spacial score (nSPS) is 14.1. The number of para-hydroxylation sites is 3. The van der Waals surface area contributed by atoms with E-state index in [0.717, 1.165) is 67.1 Å². The average Bonchev–Trinajstić information content (AvgIpc) is 3.98. The monoisotopic (exact) mass is 1030 g/mol. The van der Waals surface area contributed by atoms with Gasteiger partial charge in [-0.1, -0.05) is 32.9 Å². The SMILES string of the molecule is CC(C)(C)c1ccnc(-n2c3ccccc3c3ccc(Oc4cccc(-n5[c](=[Pt])n(-c6c(-c7ccccc7)cc7c(c6-c6ccccc6)CC(C(C)(C)C)C7)c6ccccc65)c4)cc32)c1. The van der Waals surface area contributed by atoms with Gasteiger partial charge in [0, 0.05) is 6.20 Å². The molecule has 7 aromatic carbocycles. The Morgan fingerprint density at radius 2 is 1.20 bits per heavy atom. The Kier molecular flexibility index (Phi) is 10.0. The van der Waals surface area contributed by atoms with Crippen LogP contribution in [0.2, 0.25) is 0 Å². The third kappa shape index (κ3) is 7.22. The van der Waals surface area contributed by atoms with Crippen LogP contribution in [0, 0.1) is 15.1 Å². The van der Waals surface area contributed by atoms with E-state index in [1.165, 1.54) is 50.0 Å². The zero-order valence-corrected chi connectivity index (χ0v) is 40.0. The number of fused-ring (bicyclic) bond motifs is 5. The molecule has 10 aromatic rings. The van der Waals surface area contributed by atoms with E-state index in [1.807, 2.05) is 6.20 Å². The Balaban J connectivity index is 1.07. The number of aromatic nitrogens is 4. The second kappa shape index (κ2) is 15.9. The number of hydrogen-bond acceptors (Lipinski definition) is 2. The number of pyridine rings is 1. The van der Waals surface area contributed by atoms with Crippen molar-refractivity contribution in [3.63, 3.8) is 0 Å². The molecule has 11 rings (SSSR count). The predicted octanol–water partition coefficient (Wildman–Crippen LogP) is 15.2. The molecular weight excluding hydrogens is 976 g/mol. The molecule has 0 radical (unpaired) electrons. The maximum atomic E-state index is 6.84. The molecule has 0 saturated carbocycles. The van der Waals surface area contributed by atoms with Gasteiger partial charge in [-0.2, -0.15) is 0 Å². The molecule has 3 aromatic heterocycles. The van der Waals surface area contributed by atoms with E-state index < -0.39 is 0 Å². The molecule has 6 heteroatoms. The molecule has 1 aliphatic carbocycles. The van der Waals surface area contributed by atoms with E-state index in [9.17, 15) is 0 Å². The van der Waals surface area contributed by atoms with Gasteiger partial charge in [-0.05, 0) is 17.0 Å². The second-order valence-corrected chi connectivity index (χ2v) is 20.7. The van der Waals surface area contributed by atoms with Gasteiger partial charge >= 0.3 is 338 Å². The summed E-state index contributed by atoms with van der Waals surface area (Å²) in [4.78, 5) is 4.90. The summed E-state index contributed by atoms with van der Waals surface area (Å²) in [6, 6.07) is 61.2. The molecule has 0 saturated heterocycles. The third-order valence-electron chi connectivity index (χ3n) is 13.5. The van der Waals surface area contributed by atoms with Gasteiger partial charge in [-0.25, -0.2) is 0 Å². The van der Waals surface area contributed by atoms with Gasteiger partial charge in [-0.15, -0.1) is 0 Å². The van der Waals surface area contributed by atoms with Crippen LogP contribution in [0.15, 0.2) is 176 Å². The van der Waals surface area contributed by atoms with Crippen LogP contribution < -0.4 is 4.74 Å². The van der Waals surface area contributed by atoms with Crippen molar-refractivity contribution < 1.29 is 24.1 Å². The van der Waals surface area contributed by atoms with Crippen LogP contribution >= 0.6 is 0 Å². The fourth-order valence-corrected chi connectivity index (χ4v) is 11.1. The first kappa shape index (κ1) is 41.2. The first-order valence-corrected chi connectivity index (χ1v) is 23.8. The Hall–Kier alpha value is -6.55. The Bertz CT molecular complexity index is 3510. The third-order valence-corrected chi connectivity index (χ3v) is 14.5. The van der Waals surface area contributed by atoms with Gasteiger partial charge in [0.25, 0.3) is 0 Å². The van der Waals surface area contributed by atoms with Crippen molar-refractivity contribution in [3.05, 3.63) is 197 Å². The Morgan fingerprint density at radius 1 is 0.554 bits per heavy atom. The van der Waals surface area contributed by atoms with E-state index >= 15 is 0 Å². The number of benzene rings is 7. The number of rotatable bonds is 7. The summed E-state index contributed by atoms with van der Waals surface area (Å²) >= 11 is 2.56. The van der Waals surface area contributed by atoms with Gasteiger partial charge in [0.1, 0.15) is 0 Å². The van der Waals surface area contributed by atoms with Gasteiger partial charge in [-0.3, -0.25) is 0 Å². The second-order valence-electron chi connectivity index (χ2n) is 19.7. The minimum absolute atomic E-state index is 0.0108. The molecule has 3 heterocycles. The van der Waals surface area contributed by atoms with Crippen LogP contribution in [0.25, 0.3) is 72.3 Å². The Morgan fingerprint density at radius 3 is 1.92 bits per heavy atom. The molecule has 0 fully saturated rings. The Labute approximate surface area is 392 Å². The fraction of sp³-hybridized carbons (Fsp3) is 0.186. The number of imidazole rings is 1. The molecule has 5 nitrogen and oxygen atoms in total. The van der Waals surface area contributed by atoms with Crippen LogP contribution in [0.1, 0.15) is 58.2 Å². The molecular formula is C59H52N4OPt. The summed E-state index contributed by atoms with van der Waals surface area (Å²) in [7, 11) is 0. The van der Waals surface area contributed by atoms with E-state index in [-0.39, 0.29) is 10.8 Å². The van der Waals surface area contributed by atoms with Crippen molar-refractivity contribution in [2.45, 2.75) is 59.8 Å². The molecule has 0 bridgehead atoms. The van der Waals surface area contributed by atoms with Crippen LogP contribution in [-0.2, 0) is 37.6 Å². The van der Waals surface area contributed by atoms with Crippen molar-refractivity contribution >= 4 is 32.8 Å². The standard InChI is InChI=1S/C59H52N4O.Pt/c1-58(2,3)42-30-31-60-55(35-42)63-51-25-14-13-24-47(51)48-29-28-46(37-54(48)63)64-45-23-17-22-44(36-45)61-38-62(53-27-16-15-26-52(53)61)57-50(39-18-9-7-10-19-39)33-41-32-43(59(4,5)6)34-49(41)56(57)40-20-11-8-12-21-40;/h7-31,33,35-37,43H,32,34H2,1-6H3;. The topological polar surface area (TPSA) is 36.9 Å². The summed E-state index contributed by atoms with van der Waals surface area (Å²) < 4.78 is 15.1. The molecule has 0 aliphatic heterocycles. The van der Waals surface area contributed by atoms with E-state index in [2.05, 4.69) is 244 Å². The summed E-state index contributed by atoms with van der Waals surface area (Å²) in [6.07, 6.45) is 4.05. The quantitative estimate of drug-likeness (QED) is 0.160. The first-order chi connectivity index (χ1) is 31.4. The van der Waals surface area contributed by atoms with Crippen LogP contribution in [0.3, 0.4) is 0 Å². The van der Waals surface area contributed by atoms with E-state index in [4.69, 9.17) is 9.72 Å². The predicted molar refractivity (Wildman–Crippen MR) is 264 cm³/mol. The van der Waals surface area contributed by atoms with Crippen molar-refractivity contribution in [2.24, 2.45) is 11.3 Å². The van der Waals surface area contributed by atoms with Crippen molar-refractivity contribution in [3.8, 4) is 50.9 Å². The summed E-state index contributed by atoms with van der Waals surface area (Å²) in [5.74, 6) is 2.97. The number of nitrogens with zero attached hydrogens (tertiary/aromatic N) is 4. The van der Waals surface area contributed by atoms with E-state index in [1.54, 1.807) is 0 Å². The molecule has 65 heavy (non-hydrogen) atoms. The van der Waals surface area contributed by atoms with Gasteiger partial charge in [0.05, 0.1) is 0 Å². The van der Waals surface area contributed by atoms with Crippen LogP contribution in [-0.4, -0.2) is 18.7 Å². The molecule has 1 unspecified atom stereocenters. The first-order valence-electron chi connectivity index (χ1n) is 22.7. The molecule has 324 valence electrons. The maximum absolute atomic E-state index is 6.84. The molecule has 0 spiro atoms. The molecule has 1 atom stereocenters. The molecule has 1 aliphatic rings. The van der Waals surface area contributed by atoms with Crippen LogP contribution in [0.5, 0.6) is 11.5 Å². The van der Waals surface area contributed by atoms with Crippen molar-refractivity contribution in [1.29, 1.82) is 0 Å². The fourth-order valence-electron chi connectivity index (χ4n) is 10.0. The number of ether oxygens (including phenoxy) is 1. The zero-order valence-electron chi connectivity index (χ0n) is 37.7. The average molecular weight is 1030 g/mol.